The lowest BCUT2D eigenvalue weighted by Crippen LogP contribution is -2.24. The molecule has 0 aliphatic carbocycles. The van der Waals surface area contributed by atoms with Crippen molar-refractivity contribution < 1.29 is 27.4 Å². The minimum Gasteiger partial charge on any atom is -0.497 e. The first-order chi connectivity index (χ1) is 12.3. The fourth-order valence-corrected chi connectivity index (χ4v) is 2.87. The van der Waals surface area contributed by atoms with Gasteiger partial charge in [0.25, 0.3) is 5.91 Å². The highest BCUT2D eigenvalue weighted by atomic mass is 32.2. The number of ether oxygens (including phenoxy) is 3. The molecule has 0 heterocycles. The van der Waals surface area contributed by atoms with Gasteiger partial charge in [-0.25, -0.2) is 13.6 Å². The number of rotatable bonds is 7. The van der Waals surface area contributed by atoms with Gasteiger partial charge in [-0.2, -0.15) is 0 Å². The largest absolute Gasteiger partial charge is 0.497 e. The molecule has 2 rings (SSSR count). The van der Waals surface area contributed by atoms with Gasteiger partial charge in [0.1, 0.15) is 17.2 Å². The van der Waals surface area contributed by atoms with E-state index in [0.29, 0.717) is 17.1 Å². The van der Waals surface area contributed by atoms with Gasteiger partial charge in [-0.1, -0.05) is 0 Å². The first-order valence-corrected chi connectivity index (χ1v) is 9.04. The van der Waals surface area contributed by atoms with Crippen molar-refractivity contribution in [2.75, 3.05) is 21.3 Å². The standard InChI is InChI=1S/C17H20N2O6S/c1-23-12-4-6-15(24-2)11(8-12)10-19-17(20)14-9-13(26(18,21)22)5-7-16(14)25-3/h4-9H,10H2,1-3H3,(H,19,20)(H2,18,21,22). The predicted molar refractivity (Wildman–Crippen MR) is 95.1 cm³/mol. The summed E-state index contributed by atoms with van der Waals surface area (Å²) in [6, 6.07) is 9.02. The van der Waals surface area contributed by atoms with Crippen molar-refractivity contribution in [3.8, 4) is 17.2 Å². The Morgan fingerprint density at radius 3 is 2.23 bits per heavy atom. The van der Waals surface area contributed by atoms with Crippen LogP contribution in [0.3, 0.4) is 0 Å². The number of sulfonamides is 1. The first kappa shape index (κ1) is 19.5. The van der Waals surface area contributed by atoms with E-state index in [4.69, 9.17) is 19.3 Å². The third kappa shape index (κ3) is 4.44. The van der Waals surface area contributed by atoms with Gasteiger partial charge >= 0.3 is 0 Å². The minimum absolute atomic E-state index is 0.0564. The zero-order chi connectivity index (χ0) is 19.3. The molecule has 26 heavy (non-hydrogen) atoms. The van der Waals surface area contributed by atoms with Crippen molar-refractivity contribution in [3.05, 3.63) is 47.5 Å². The summed E-state index contributed by atoms with van der Waals surface area (Å²) in [6.07, 6.45) is 0. The fraction of sp³-hybridized carbons (Fsp3) is 0.235. The molecule has 0 saturated heterocycles. The summed E-state index contributed by atoms with van der Waals surface area (Å²) >= 11 is 0. The second kappa shape index (κ2) is 8.07. The van der Waals surface area contributed by atoms with Crippen LogP contribution in [-0.2, 0) is 16.6 Å². The monoisotopic (exact) mass is 380 g/mol. The summed E-state index contributed by atoms with van der Waals surface area (Å²) in [5, 5.41) is 7.83. The van der Waals surface area contributed by atoms with E-state index in [1.54, 1.807) is 18.2 Å². The Morgan fingerprint density at radius 2 is 1.65 bits per heavy atom. The summed E-state index contributed by atoms with van der Waals surface area (Å²) in [7, 11) is 0.495. The minimum atomic E-state index is -3.94. The van der Waals surface area contributed by atoms with Crippen molar-refractivity contribution in [2.24, 2.45) is 5.14 Å². The van der Waals surface area contributed by atoms with Gasteiger partial charge in [0.05, 0.1) is 31.8 Å². The van der Waals surface area contributed by atoms with Gasteiger partial charge in [0.15, 0.2) is 0 Å². The maximum Gasteiger partial charge on any atom is 0.255 e. The average molecular weight is 380 g/mol. The zero-order valence-electron chi connectivity index (χ0n) is 14.6. The Hall–Kier alpha value is -2.78. The number of benzene rings is 2. The highest BCUT2D eigenvalue weighted by Gasteiger charge is 2.18. The molecule has 0 saturated carbocycles. The highest BCUT2D eigenvalue weighted by Crippen LogP contribution is 2.25. The van der Waals surface area contributed by atoms with E-state index < -0.39 is 15.9 Å². The van der Waals surface area contributed by atoms with Crippen LogP contribution in [0.25, 0.3) is 0 Å². The van der Waals surface area contributed by atoms with E-state index in [2.05, 4.69) is 5.32 Å². The lowest BCUT2D eigenvalue weighted by atomic mass is 10.1. The number of hydrogen-bond donors (Lipinski definition) is 2. The number of nitrogens with two attached hydrogens (primary N) is 1. The molecule has 0 spiro atoms. The maximum atomic E-state index is 12.5. The van der Waals surface area contributed by atoms with Crippen LogP contribution in [0.15, 0.2) is 41.3 Å². The summed E-state index contributed by atoms with van der Waals surface area (Å²) in [5.74, 6) is 0.907. The number of carbonyl (C=O) groups excluding carboxylic acids is 1. The molecule has 140 valence electrons. The van der Waals surface area contributed by atoms with Gasteiger partial charge in [-0.05, 0) is 36.4 Å². The third-order valence-electron chi connectivity index (χ3n) is 3.67. The topological polar surface area (TPSA) is 117 Å². The molecule has 0 atom stereocenters. The SMILES string of the molecule is COc1ccc(OC)c(CNC(=O)c2cc(S(N)(=O)=O)ccc2OC)c1. The molecule has 0 radical (unpaired) electrons. The van der Waals surface area contributed by atoms with Crippen LogP contribution >= 0.6 is 0 Å². The smallest absolute Gasteiger partial charge is 0.255 e. The molecule has 2 aromatic rings. The second-order valence-corrected chi connectivity index (χ2v) is 6.83. The molecular weight excluding hydrogens is 360 g/mol. The Labute approximate surface area is 151 Å². The van der Waals surface area contributed by atoms with Gasteiger partial charge in [-0.15, -0.1) is 0 Å². The molecule has 9 heteroatoms. The van der Waals surface area contributed by atoms with Crippen LogP contribution in [0.1, 0.15) is 15.9 Å². The molecule has 0 fully saturated rings. The van der Waals surface area contributed by atoms with Crippen LogP contribution in [0, 0.1) is 0 Å². The van der Waals surface area contributed by atoms with Gasteiger partial charge in [0, 0.05) is 12.1 Å². The Morgan fingerprint density at radius 1 is 1.00 bits per heavy atom. The van der Waals surface area contributed by atoms with Crippen LogP contribution in [0.5, 0.6) is 17.2 Å². The van der Waals surface area contributed by atoms with E-state index in [1.807, 2.05) is 0 Å². The number of amides is 1. The highest BCUT2D eigenvalue weighted by molar-refractivity contribution is 7.89. The normalized spacial score (nSPS) is 10.9. The van der Waals surface area contributed by atoms with Gasteiger partial charge in [-0.3, -0.25) is 4.79 Å². The van der Waals surface area contributed by atoms with Crippen molar-refractivity contribution in [2.45, 2.75) is 11.4 Å². The van der Waals surface area contributed by atoms with Crippen LogP contribution in [-0.4, -0.2) is 35.7 Å². The Bertz CT molecular complexity index is 911. The molecule has 8 nitrogen and oxygen atoms in total. The van der Waals surface area contributed by atoms with E-state index in [9.17, 15) is 13.2 Å². The zero-order valence-corrected chi connectivity index (χ0v) is 15.4. The lowest BCUT2D eigenvalue weighted by Gasteiger charge is -2.13. The molecule has 0 aromatic heterocycles. The first-order valence-electron chi connectivity index (χ1n) is 7.50. The summed E-state index contributed by atoms with van der Waals surface area (Å²) < 4.78 is 38.6. The van der Waals surface area contributed by atoms with Crippen LogP contribution in [0.2, 0.25) is 0 Å². The summed E-state index contributed by atoms with van der Waals surface area (Å²) in [6.45, 7) is 0.141. The van der Waals surface area contributed by atoms with E-state index in [0.717, 1.165) is 0 Å². The molecule has 0 aliphatic rings. The average Bonchev–Trinajstić information content (AvgIpc) is 2.64. The quantitative estimate of drug-likeness (QED) is 0.747. The van der Waals surface area contributed by atoms with Crippen molar-refractivity contribution >= 4 is 15.9 Å². The van der Waals surface area contributed by atoms with Gasteiger partial charge < -0.3 is 19.5 Å². The second-order valence-electron chi connectivity index (χ2n) is 5.27. The number of methoxy groups -OCH3 is 3. The predicted octanol–water partition coefficient (Wildman–Crippen LogP) is 1.29. The van der Waals surface area contributed by atoms with E-state index in [1.165, 1.54) is 39.5 Å². The maximum absolute atomic E-state index is 12.5. The lowest BCUT2D eigenvalue weighted by molar-refractivity contribution is 0.0947. The molecule has 3 N–H and O–H groups in total. The van der Waals surface area contributed by atoms with E-state index in [-0.39, 0.29) is 22.8 Å². The molecule has 0 aliphatic heterocycles. The third-order valence-corrected chi connectivity index (χ3v) is 4.58. The molecular formula is C17H20N2O6S. The number of hydrogen-bond acceptors (Lipinski definition) is 6. The van der Waals surface area contributed by atoms with Crippen molar-refractivity contribution in [3.63, 3.8) is 0 Å². The molecule has 0 unspecified atom stereocenters. The number of primary sulfonamides is 1. The fourth-order valence-electron chi connectivity index (χ4n) is 2.33. The van der Waals surface area contributed by atoms with Crippen molar-refractivity contribution in [1.29, 1.82) is 0 Å². The van der Waals surface area contributed by atoms with Crippen LogP contribution in [0.4, 0.5) is 0 Å². The summed E-state index contributed by atoms with van der Waals surface area (Å²) in [5.41, 5.74) is 0.752. The summed E-state index contributed by atoms with van der Waals surface area (Å²) in [4.78, 5) is 12.4. The van der Waals surface area contributed by atoms with Crippen molar-refractivity contribution in [1.82, 2.24) is 5.32 Å². The number of nitrogens with one attached hydrogen (secondary N) is 1. The van der Waals surface area contributed by atoms with Gasteiger partial charge in [0.2, 0.25) is 10.0 Å². The number of carbonyl (C=O) groups is 1. The molecule has 2 aromatic carbocycles. The molecule has 0 bridgehead atoms. The van der Waals surface area contributed by atoms with Crippen LogP contribution < -0.4 is 24.7 Å². The van der Waals surface area contributed by atoms with E-state index >= 15 is 0 Å². The Kier molecular flexibility index (Phi) is 6.06. The Balaban J connectivity index is 2.28. The molecule has 1 amide bonds.